The first-order chi connectivity index (χ1) is 9.74. The Labute approximate surface area is 120 Å². The molecule has 2 rings (SSSR count). The molecule has 0 aliphatic carbocycles. The minimum atomic E-state index is 0.165. The van der Waals surface area contributed by atoms with Gasteiger partial charge in [0.2, 0.25) is 5.91 Å². The summed E-state index contributed by atoms with van der Waals surface area (Å²) in [6.45, 7) is 6.50. The van der Waals surface area contributed by atoms with Gasteiger partial charge in [0.15, 0.2) is 0 Å². The SMILES string of the molecule is CCN(CC(=O)N1CCOCC1)c1ccc(CN)cc1. The first-order valence-electron chi connectivity index (χ1n) is 7.14. The van der Waals surface area contributed by atoms with Crippen LogP contribution in [0, 0.1) is 0 Å². The lowest BCUT2D eigenvalue weighted by molar-refractivity contribution is -0.133. The monoisotopic (exact) mass is 277 g/mol. The van der Waals surface area contributed by atoms with E-state index in [-0.39, 0.29) is 5.91 Å². The number of amides is 1. The largest absolute Gasteiger partial charge is 0.378 e. The highest BCUT2D eigenvalue weighted by Gasteiger charge is 2.19. The van der Waals surface area contributed by atoms with Crippen molar-refractivity contribution in [2.75, 3.05) is 44.3 Å². The highest BCUT2D eigenvalue weighted by atomic mass is 16.5. The van der Waals surface area contributed by atoms with Crippen molar-refractivity contribution in [2.24, 2.45) is 5.73 Å². The lowest BCUT2D eigenvalue weighted by atomic mass is 10.2. The van der Waals surface area contributed by atoms with Gasteiger partial charge in [-0.15, -0.1) is 0 Å². The van der Waals surface area contributed by atoms with Crippen molar-refractivity contribution in [1.82, 2.24) is 4.90 Å². The number of rotatable bonds is 5. The van der Waals surface area contributed by atoms with Crippen molar-refractivity contribution in [2.45, 2.75) is 13.5 Å². The Morgan fingerprint density at radius 3 is 2.50 bits per heavy atom. The van der Waals surface area contributed by atoms with Crippen LogP contribution in [0.2, 0.25) is 0 Å². The molecule has 5 nitrogen and oxygen atoms in total. The zero-order valence-electron chi connectivity index (χ0n) is 12.0. The normalized spacial score (nSPS) is 15.2. The van der Waals surface area contributed by atoms with Gasteiger partial charge in [-0.25, -0.2) is 0 Å². The smallest absolute Gasteiger partial charge is 0.242 e. The van der Waals surface area contributed by atoms with Gasteiger partial charge < -0.3 is 20.3 Å². The van der Waals surface area contributed by atoms with Crippen LogP contribution >= 0.6 is 0 Å². The summed E-state index contributed by atoms with van der Waals surface area (Å²) in [4.78, 5) is 16.2. The van der Waals surface area contributed by atoms with E-state index < -0.39 is 0 Å². The first kappa shape index (κ1) is 14.8. The number of anilines is 1. The van der Waals surface area contributed by atoms with Crippen LogP contribution in [0.4, 0.5) is 5.69 Å². The zero-order chi connectivity index (χ0) is 14.4. The molecule has 0 unspecified atom stereocenters. The maximum atomic E-state index is 12.3. The number of nitrogens with two attached hydrogens (primary N) is 1. The standard InChI is InChI=1S/C15H23N3O2/c1-2-17(14-5-3-13(11-16)4-6-14)12-15(19)18-7-9-20-10-8-18/h3-6H,2,7-12,16H2,1H3. The summed E-state index contributed by atoms with van der Waals surface area (Å²) in [5, 5.41) is 0. The molecular weight excluding hydrogens is 254 g/mol. The summed E-state index contributed by atoms with van der Waals surface area (Å²) in [7, 11) is 0. The van der Waals surface area contributed by atoms with Crippen LogP contribution < -0.4 is 10.6 Å². The Morgan fingerprint density at radius 1 is 1.30 bits per heavy atom. The molecule has 1 heterocycles. The number of morpholine rings is 1. The highest BCUT2D eigenvalue weighted by molar-refractivity contribution is 5.81. The fourth-order valence-electron chi connectivity index (χ4n) is 2.30. The predicted molar refractivity (Wildman–Crippen MR) is 79.6 cm³/mol. The molecule has 5 heteroatoms. The number of ether oxygens (including phenoxy) is 1. The maximum Gasteiger partial charge on any atom is 0.242 e. The van der Waals surface area contributed by atoms with E-state index >= 15 is 0 Å². The van der Waals surface area contributed by atoms with Crippen molar-refractivity contribution in [3.05, 3.63) is 29.8 Å². The molecule has 2 N–H and O–H groups in total. The Kier molecular flexibility index (Phi) is 5.38. The zero-order valence-corrected chi connectivity index (χ0v) is 12.0. The van der Waals surface area contributed by atoms with Crippen molar-refractivity contribution >= 4 is 11.6 Å². The Bertz CT molecular complexity index is 427. The molecule has 1 fully saturated rings. The number of likely N-dealkylation sites (N-methyl/N-ethyl adjacent to an activating group) is 1. The molecule has 0 spiro atoms. The van der Waals surface area contributed by atoms with Crippen molar-refractivity contribution in [3.63, 3.8) is 0 Å². The predicted octanol–water partition coefficient (Wildman–Crippen LogP) is 0.830. The summed E-state index contributed by atoms with van der Waals surface area (Å²) in [6, 6.07) is 8.07. The minimum absolute atomic E-state index is 0.165. The van der Waals surface area contributed by atoms with Crippen LogP contribution in [-0.4, -0.2) is 50.2 Å². The number of nitrogens with zero attached hydrogens (tertiary/aromatic N) is 2. The quantitative estimate of drug-likeness (QED) is 0.866. The molecule has 1 amide bonds. The molecule has 0 bridgehead atoms. The van der Waals surface area contributed by atoms with Gasteiger partial charge in [0.05, 0.1) is 19.8 Å². The van der Waals surface area contributed by atoms with Gasteiger partial charge in [0.25, 0.3) is 0 Å². The number of hydrogen-bond acceptors (Lipinski definition) is 4. The Morgan fingerprint density at radius 2 is 1.95 bits per heavy atom. The molecule has 1 saturated heterocycles. The Hall–Kier alpha value is -1.59. The van der Waals surface area contributed by atoms with Crippen LogP contribution in [0.15, 0.2) is 24.3 Å². The van der Waals surface area contributed by atoms with Gasteiger partial charge in [-0.3, -0.25) is 4.79 Å². The summed E-state index contributed by atoms with van der Waals surface area (Å²) in [5.74, 6) is 0.165. The summed E-state index contributed by atoms with van der Waals surface area (Å²) >= 11 is 0. The van der Waals surface area contributed by atoms with Crippen LogP contribution in [0.3, 0.4) is 0 Å². The summed E-state index contributed by atoms with van der Waals surface area (Å²) in [6.07, 6.45) is 0. The molecule has 0 saturated carbocycles. The van der Waals surface area contributed by atoms with E-state index in [2.05, 4.69) is 11.8 Å². The van der Waals surface area contributed by atoms with Crippen LogP contribution in [0.25, 0.3) is 0 Å². The second-order valence-corrected chi connectivity index (χ2v) is 4.88. The van der Waals surface area contributed by atoms with Gasteiger partial charge in [0.1, 0.15) is 0 Å². The van der Waals surface area contributed by atoms with E-state index in [0.29, 0.717) is 39.4 Å². The van der Waals surface area contributed by atoms with Crippen LogP contribution in [-0.2, 0) is 16.1 Å². The molecule has 0 radical (unpaired) electrons. The first-order valence-corrected chi connectivity index (χ1v) is 7.14. The fraction of sp³-hybridized carbons (Fsp3) is 0.533. The van der Waals surface area contributed by atoms with Crippen molar-refractivity contribution < 1.29 is 9.53 Å². The summed E-state index contributed by atoms with van der Waals surface area (Å²) in [5.41, 5.74) is 7.76. The van der Waals surface area contributed by atoms with E-state index in [4.69, 9.17) is 10.5 Å². The number of carbonyl (C=O) groups is 1. The number of carbonyl (C=O) groups excluding carboxylic acids is 1. The lowest BCUT2D eigenvalue weighted by Crippen LogP contribution is -2.45. The van der Waals surface area contributed by atoms with Crippen LogP contribution in [0.1, 0.15) is 12.5 Å². The van der Waals surface area contributed by atoms with Gasteiger partial charge in [-0.2, -0.15) is 0 Å². The van der Waals surface area contributed by atoms with E-state index in [1.54, 1.807) is 0 Å². The average molecular weight is 277 g/mol. The molecule has 1 aliphatic heterocycles. The summed E-state index contributed by atoms with van der Waals surface area (Å²) < 4.78 is 5.27. The third kappa shape index (κ3) is 3.71. The maximum absolute atomic E-state index is 12.3. The second-order valence-electron chi connectivity index (χ2n) is 4.88. The lowest BCUT2D eigenvalue weighted by Gasteiger charge is -2.30. The topological polar surface area (TPSA) is 58.8 Å². The number of hydrogen-bond donors (Lipinski definition) is 1. The molecular formula is C15H23N3O2. The molecule has 1 aromatic carbocycles. The van der Waals surface area contributed by atoms with Crippen LogP contribution in [0.5, 0.6) is 0 Å². The molecule has 110 valence electrons. The van der Waals surface area contributed by atoms with Gasteiger partial charge >= 0.3 is 0 Å². The third-order valence-electron chi connectivity index (χ3n) is 3.61. The van der Waals surface area contributed by atoms with Gasteiger partial charge in [0, 0.05) is 31.9 Å². The average Bonchev–Trinajstić information content (AvgIpc) is 2.53. The highest BCUT2D eigenvalue weighted by Crippen LogP contribution is 2.15. The van der Waals surface area contributed by atoms with Crippen molar-refractivity contribution in [3.8, 4) is 0 Å². The number of benzene rings is 1. The van der Waals surface area contributed by atoms with Gasteiger partial charge in [-0.1, -0.05) is 12.1 Å². The van der Waals surface area contributed by atoms with E-state index in [0.717, 1.165) is 17.8 Å². The molecule has 0 aromatic heterocycles. The van der Waals surface area contributed by atoms with E-state index in [9.17, 15) is 4.79 Å². The fourth-order valence-corrected chi connectivity index (χ4v) is 2.30. The molecule has 20 heavy (non-hydrogen) atoms. The van der Waals surface area contributed by atoms with Crippen molar-refractivity contribution in [1.29, 1.82) is 0 Å². The van der Waals surface area contributed by atoms with E-state index in [1.807, 2.05) is 29.2 Å². The van der Waals surface area contributed by atoms with E-state index in [1.165, 1.54) is 0 Å². The minimum Gasteiger partial charge on any atom is -0.378 e. The van der Waals surface area contributed by atoms with Gasteiger partial charge in [-0.05, 0) is 24.6 Å². The molecule has 1 aromatic rings. The second kappa shape index (κ2) is 7.26. The molecule has 1 aliphatic rings. The molecule has 0 atom stereocenters. The third-order valence-corrected chi connectivity index (χ3v) is 3.61. The Balaban J connectivity index is 1.98.